The molecular formula is C52H33N3O. The highest BCUT2D eigenvalue weighted by atomic mass is 16.3. The summed E-state index contributed by atoms with van der Waals surface area (Å²) in [6.07, 6.45) is 0. The van der Waals surface area contributed by atoms with Crippen molar-refractivity contribution >= 4 is 43.7 Å². The molecule has 4 nitrogen and oxygen atoms in total. The molecule has 11 rings (SSSR count). The summed E-state index contributed by atoms with van der Waals surface area (Å²) in [5.74, 6) is 0.692. The van der Waals surface area contributed by atoms with Gasteiger partial charge in [-0.15, -0.1) is 0 Å². The molecule has 0 fully saturated rings. The second-order valence-corrected chi connectivity index (χ2v) is 14.2. The van der Waals surface area contributed by atoms with E-state index in [9.17, 15) is 0 Å². The summed E-state index contributed by atoms with van der Waals surface area (Å²) in [7, 11) is 0. The molecule has 3 heterocycles. The monoisotopic (exact) mass is 715 g/mol. The first kappa shape index (κ1) is 31.9. The highest BCUT2D eigenvalue weighted by molar-refractivity contribution is 6.14. The summed E-state index contributed by atoms with van der Waals surface area (Å²) >= 11 is 0. The van der Waals surface area contributed by atoms with E-state index in [4.69, 9.17) is 14.4 Å². The van der Waals surface area contributed by atoms with Gasteiger partial charge in [-0.1, -0.05) is 146 Å². The van der Waals surface area contributed by atoms with E-state index in [2.05, 4.69) is 168 Å². The molecule has 0 bridgehead atoms. The molecule has 0 N–H and O–H groups in total. The lowest BCUT2D eigenvalue weighted by atomic mass is 9.96. The van der Waals surface area contributed by atoms with E-state index >= 15 is 0 Å². The van der Waals surface area contributed by atoms with Crippen molar-refractivity contribution in [3.63, 3.8) is 0 Å². The maximum Gasteiger partial charge on any atom is 0.160 e. The highest BCUT2D eigenvalue weighted by Crippen LogP contribution is 2.40. The minimum absolute atomic E-state index is 0.692. The van der Waals surface area contributed by atoms with Gasteiger partial charge in [0.25, 0.3) is 0 Å². The molecule has 0 aliphatic rings. The molecule has 0 unspecified atom stereocenters. The number of furan rings is 1. The number of hydrogen-bond acceptors (Lipinski definition) is 3. The van der Waals surface area contributed by atoms with Crippen molar-refractivity contribution in [2.75, 3.05) is 0 Å². The van der Waals surface area contributed by atoms with Crippen molar-refractivity contribution in [3.05, 3.63) is 200 Å². The maximum absolute atomic E-state index is 6.47. The van der Waals surface area contributed by atoms with Gasteiger partial charge in [0.1, 0.15) is 11.2 Å². The van der Waals surface area contributed by atoms with Gasteiger partial charge in [0, 0.05) is 43.9 Å². The molecule has 0 atom stereocenters. The van der Waals surface area contributed by atoms with Crippen LogP contribution in [0.15, 0.2) is 205 Å². The maximum atomic E-state index is 6.47. The first-order chi connectivity index (χ1) is 27.7. The predicted molar refractivity (Wildman–Crippen MR) is 231 cm³/mol. The van der Waals surface area contributed by atoms with Crippen molar-refractivity contribution in [2.24, 2.45) is 0 Å². The summed E-state index contributed by atoms with van der Waals surface area (Å²) < 4.78 is 8.82. The minimum Gasteiger partial charge on any atom is -0.456 e. The third kappa shape index (κ3) is 5.39. The fraction of sp³-hybridized carbons (Fsp3) is 0. The van der Waals surface area contributed by atoms with E-state index in [1.165, 1.54) is 27.4 Å². The Balaban J connectivity index is 1.00. The van der Waals surface area contributed by atoms with Crippen LogP contribution in [-0.4, -0.2) is 14.5 Å². The summed E-state index contributed by atoms with van der Waals surface area (Å²) in [6.45, 7) is 0. The van der Waals surface area contributed by atoms with Gasteiger partial charge in [-0.2, -0.15) is 0 Å². The number of rotatable bonds is 6. The van der Waals surface area contributed by atoms with E-state index in [1.54, 1.807) is 0 Å². The van der Waals surface area contributed by atoms with Gasteiger partial charge < -0.3 is 8.98 Å². The van der Waals surface area contributed by atoms with E-state index < -0.39 is 0 Å². The molecule has 0 amide bonds. The molecule has 262 valence electrons. The van der Waals surface area contributed by atoms with Crippen molar-refractivity contribution in [3.8, 4) is 61.8 Å². The Morgan fingerprint density at radius 2 is 0.929 bits per heavy atom. The lowest BCUT2D eigenvalue weighted by Gasteiger charge is -2.10. The van der Waals surface area contributed by atoms with Crippen LogP contribution in [0.25, 0.3) is 106 Å². The van der Waals surface area contributed by atoms with Crippen molar-refractivity contribution in [1.29, 1.82) is 0 Å². The van der Waals surface area contributed by atoms with Crippen LogP contribution in [0.1, 0.15) is 0 Å². The molecule has 11 aromatic rings. The molecule has 56 heavy (non-hydrogen) atoms. The molecular weight excluding hydrogens is 683 g/mol. The molecule has 3 aromatic heterocycles. The zero-order valence-corrected chi connectivity index (χ0v) is 30.3. The van der Waals surface area contributed by atoms with Crippen LogP contribution in [0.4, 0.5) is 0 Å². The van der Waals surface area contributed by atoms with Crippen LogP contribution in [0, 0.1) is 0 Å². The third-order valence-electron chi connectivity index (χ3n) is 10.8. The second-order valence-electron chi connectivity index (χ2n) is 14.2. The Hall–Kier alpha value is -7.56. The Kier molecular flexibility index (Phi) is 7.46. The van der Waals surface area contributed by atoms with Crippen molar-refractivity contribution < 1.29 is 4.42 Å². The summed E-state index contributed by atoms with van der Waals surface area (Å²) in [6, 6.07) is 70.2. The van der Waals surface area contributed by atoms with Crippen LogP contribution in [0.5, 0.6) is 0 Å². The zero-order valence-electron chi connectivity index (χ0n) is 30.3. The summed E-state index contributed by atoms with van der Waals surface area (Å²) in [5, 5.41) is 4.67. The Morgan fingerprint density at radius 3 is 1.64 bits per heavy atom. The largest absolute Gasteiger partial charge is 0.456 e. The molecule has 0 radical (unpaired) electrons. The van der Waals surface area contributed by atoms with Gasteiger partial charge in [-0.05, 0) is 76.9 Å². The van der Waals surface area contributed by atoms with Gasteiger partial charge in [0.05, 0.1) is 22.4 Å². The number of para-hydroxylation sites is 2. The first-order valence-electron chi connectivity index (χ1n) is 18.9. The predicted octanol–water partition coefficient (Wildman–Crippen LogP) is 13.8. The van der Waals surface area contributed by atoms with Gasteiger partial charge >= 0.3 is 0 Å². The van der Waals surface area contributed by atoms with E-state index in [0.29, 0.717) is 5.82 Å². The smallest absolute Gasteiger partial charge is 0.160 e. The van der Waals surface area contributed by atoms with E-state index in [0.717, 1.165) is 72.4 Å². The zero-order chi connectivity index (χ0) is 37.0. The average molecular weight is 716 g/mol. The third-order valence-corrected chi connectivity index (χ3v) is 10.8. The fourth-order valence-corrected chi connectivity index (χ4v) is 8.14. The van der Waals surface area contributed by atoms with Gasteiger partial charge in [0.15, 0.2) is 5.82 Å². The quantitative estimate of drug-likeness (QED) is 0.172. The topological polar surface area (TPSA) is 43.9 Å². The highest BCUT2D eigenvalue weighted by Gasteiger charge is 2.17. The van der Waals surface area contributed by atoms with Crippen LogP contribution in [0.3, 0.4) is 0 Å². The van der Waals surface area contributed by atoms with Crippen LogP contribution < -0.4 is 0 Å². The van der Waals surface area contributed by atoms with E-state index in [1.807, 2.05) is 36.4 Å². The SMILES string of the molecule is c1ccc(-c2cc(-c3ccccc3)nc(-c3ccc(-c4cccc5oc6ccc(-c7ccc8c(c7)c7ccccc7n8-c7ccccc7)cc6c45)cc3)n2)cc1. The van der Waals surface area contributed by atoms with E-state index in [-0.39, 0.29) is 0 Å². The van der Waals surface area contributed by atoms with Gasteiger partial charge in [-0.25, -0.2) is 9.97 Å². The Labute approximate surface area is 323 Å². The lowest BCUT2D eigenvalue weighted by molar-refractivity contribution is 0.669. The number of nitrogens with zero attached hydrogens (tertiary/aromatic N) is 3. The van der Waals surface area contributed by atoms with Crippen LogP contribution >= 0.6 is 0 Å². The molecule has 0 aliphatic carbocycles. The number of benzene rings is 8. The van der Waals surface area contributed by atoms with Crippen molar-refractivity contribution in [2.45, 2.75) is 0 Å². The standard InChI is InChI=1S/C52H33N3O/c1-4-13-35(14-5-1)45-33-46(36-15-6-2-7-16-36)54-52(53-45)37-25-23-34(24-26-37)41-20-12-22-50-51(41)44-32-39(28-30-49(44)56-50)38-27-29-48-43(31-38)42-19-10-11-21-47(42)55(48)40-17-8-3-9-18-40/h1-33H. The molecule has 0 aliphatic heterocycles. The lowest BCUT2D eigenvalue weighted by Crippen LogP contribution is -1.95. The van der Waals surface area contributed by atoms with Gasteiger partial charge in [0.2, 0.25) is 0 Å². The molecule has 8 aromatic carbocycles. The minimum atomic E-state index is 0.692. The van der Waals surface area contributed by atoms with Gasteiger partial charge in [-0.3, -0.25) is 0 Å². The number of aromatic nitrogens is 3. The second kappa shape index (κ2) is 13.1. The first-order valence-corrected chi connectivity index (χ1v) is 18.9. The average Bonchev–Trinajstić information content (AvgIpc) is 3.82. The fourth-order valence-electron chi connectivity index (χ4n) is 8.14. The normalized spacial score (nSPS) is 11.6. The Morgan fingerprint density at radius 1 is 0.357 bits per heavy atom. The van der Waals surface area contributed by atoms with Crippen molar-refractivity contribution in [1.82, 2.24) is 14.5 Å². The molecule has 0 spiro atoms. The molecule has 4 heteroatoms. The number of fused-ring (bicyclic) bond motifs is 6. The summed E-state index contributed by atoms with van der Waals surface area (Å²) in [5.41, 5.74) is 14.7. The summed E-state index contributed by atoms with van der Waals surface area (Å²) in [4.78, 5) is 10.1. The Bertz CT molecular complexity index is 3160. The van der Waals surface area contributed by atoms with Crippen LogP contribution in [-0.2, 0) is 0 Å². The molecule has 0 saturated heterocycles. The van der Waals surface area contributed by atoms with Crippen LogP contribution in [0.2, 0.25) is 0 Å². The molecule has 0 saturated carbocycles. The number of hydrogen-bond donors (Lipinski definition) is 0.